The van der Waals surface area contributed by atoms with Crippen molar-refractivity contribution in [1.29, 1.82) is 0 Å². The SMILES string of the molecule is O=C(CCS(=O)(=O)c1ccc(Br)cc1)Nc1c(F)cccc1F. The highest BCUT2D eigenvalue weighted by atomic mass is 79.9. The molecule has 4 nitrogen and oxygen atoms in total. The summed E-state index contributed by atoms with van der Waals surface area (Å²) >= 11 is 3.20. The Morgan fingerprint density at radius 1 is 1.04 bits per heavy atom. The van der Waals surface area contributed by atoms with E-state index in [1.54, 1.807) is 12.1 Å². The normalized spacial score (nSPS) is 11.3. The fraction of sp³-hybridized carbons (Fsp3) is 0.133. The van der Waals surface area contributed by atoms with Crippen LogP contribution in [0.4, 0.5) is 14.5 Å². The van der Waals surface area contributed by atoms with Gasteiger partial charge >= 0.3 is 0 Å². The molecule has 0 bridgehead atoms. The summed E-state index contributed by atoms with van der Waals surface area (Å²) in [7, 11) is -3.65. The highest BCUT2D eigenvalue weighted by Gasteiger charge is 2.18. The molecule has 0 fully saturated rings. The highest BCUT2D eigenvalue weighted by Crippen LogP contribution is 2.19. The average Bonchev–Trinajstić information content (AvgIpc) is 2.50. The molecule has 2 aromatic rings. The molecule has 0 aliphatic carbocycles. The van der Waals surface area contributed by atoms with Gasteiger partial charge in [0.25, 0.3) is 0 Å². The van der Waals surface area contributed by atoms with Gasteiger partial charge in [-0.25, -0.2) is 17.2 Å². The van der Waals surface area contributed by atoms with Crippen molar-refractivity contribution >= 4 is 37.4 Å². The first-order valence-electron chi connectivity index (χ1n) is 6.52. The van der Waals surface area contributed by atoms with E-state index < -0.39 is 45.2 Å². The topological polar surface area (TPSA) is 63.2 Å². The van der Waals surface area contributed by atoms with Gasteiger partial charge in [0.2, 0.25) is 5.91 Å². The molecule has 0 heterocycles. The number of sulfone groups is 1. The van der Waals surface area contributed by atoms with E-state index in [1.165, 1.54) is 12.1 Å². The van der Waals surface area contributed by atoms with E-state index in [1.807, 2.05) is 0 Å². The number of hydrogen-bond acceptors (Lipinski definition) is 3. The van der Waals surface area contributed by atoms with Crippen molar-refractivity contribution in [2.24, 2.45) is 0 Å². The van der Waals surface area contributed by atoms with E-state index in [-0.39, 0.29) is 4.90 Å². The zero-order chi connectivity index (χ0) is 17.0. The number of rotatable bonds is 5. The second-order valence-electron chi connectivity index (χ2n) is 4.67. The number of para-hydroxylation sites is 1. The summed E-state index contributed by atoms with van der Waals surface area (Å²) in [6.07, 6.45) is -0.411. The lowest BCUT2D eigenvalue weighted by molar-refractivity contribution is -0.115. The molecule has 0 radical (unpaired) electrons. The Morgan fingerprint density at radius 3 is 2.17 bits per heavy atom. The number of anilines is 1. The van der Waals surface area contributed by atoms with Crippen LogP contribution in [0.1, 0.15) is 6.42 Å². The zero-order valence-electron chi connectivity index (χ0n) is 11.7. The first kappa shape index (κ1) is 17.6. The van der Waals surface area contributed by atoms with Gasteiger partial charge in [-0.3, -0.25) is 4.79 Å². The van der Waals surface area contributed by atoms with E-state index in [0.29, 0.717) is 0 Å². The smallest absolute Gasteiger partial charge is 0.225 e. The molecule has 122 valence electrons. The van der Waals surface area contributed by atoms with Crippen LogP contribution < -0.4 is 5.32 Å². The van der Waals surface area contributed by atoms with Crippen molar-refractivity contribution in [3.8, 4) is 0 Å². The summed E-state index contributed by atoms with van der Waals surface area (Å²) in [6, 6.07) is 9.12. The number of hydrogen-bond donors (Lipinski definition) is 1. The van der Waals surface area contributed by atoms with Crippen molar-refractivity contribution in [3.05, 3.63) is 58.6 Å². The Hall–Kier alpha value is -1.80. The molecule has 2 aromatic carbocycles. The first-order chi connectivity index (χ1) is 10.8. The van der Waals surface area contributed by atoms with Gasteiger partial charge in [0, 0.05) is 10.9 Å². The Kier molecular flexibility index (Phi) is 5.48. The van der Waals surface area contributed by atoms with E-state index in [9.17, 15) is 22.0 Å². The third kappa shape index (κ3) is 4.59. The molecular formula is C15H12BrF2NO3S. The number of carbonyl (C=O) groups is 1. The minimum Gasteiger partial charge on any atom is -0.321 e. The van der Waals surface area contributed by atoms with Gasteiger partial charge in [-0.05, 0) is 36.4 Å². The van der Waals surface area contributed by atoms with Gasteiger partial charge in [0.05, 0.1) is 10.6 Å². The largest absolute Gasteiger partial charge is 0.321 e. The Balaban J connectivity index is 2.03. The monoisotopic (exact) mass is 403 g/mol. The second-order valence-corrected chi connectivity index (χ2v) is 7.69. The fourth-order valence-electron chi connectivity index (χ4n) is 1.81. The quantitative estimate of drug-likeness (QED) is 0.830. The van der Waals surface area contributed by atoms with Crippen LogP contribution >= 0.6 is 15.9 Å². The number of benzene rings is 2. The fourth-order valence-corrected chi connectivity index (χ4v) is 3.31. The van der Waals surface area contributed by atoms with Gasteiger partial charge in [0.15, 0.2) is 9.84 Å². The molecule has 0 spiro atoms. The van der Waals surface area contributed by atoms with Crippen molar-refractivity contribution in [2.75, 3.05) is 11.1 Å². The van der Waals surface area contributed by atoms with E-state index >= 15 is 0 Å². The van der Waals surface area contributed by atoms with E-state index in [2.05, 4.69) is 21.2 Å². The minimum absolute atomic E-state index is 0.0746. The van der Waals surface area contributed by atoms with E-state index in [0.717, 1.165) is 22.7 Å². The Morgan fingerprint density at radius 2 is 1.61 bits per heavy atom. The summed E-state index contributed by atoms with van der Waals surface area (Å²) in [5.41, 5.74) is -0.585. The maximum atomic E-state index is 13.4. The molecule has 1 amide bonds. The molecule has 0 aliphatic rings. The summed E-state index contributed by atoms with van der Waals surface area (Å²) in [5, 5.41) is 2.05. The zero-order valence-corrected chi connectivity index (χ0v) is 14.1. The summed E-state index contributed by atoms with van der Waals surface area (Å²) in [5.74, 6) is -3.09. The van der Waals surface area contributed by atoms with Crippen molar-refractivity contribution in [2.45, 2.75) is 11.3 Å². The van der Waals surface area contributed by atoms with Gasteiger partial charge < -0.3 is 5.32 Å². The molecule has 0 aromatic heterocycles. The van der Waals surface area contributed by atoms with Gasteiger partial charge in [0.1, 0.15) is 17.3 Å². The predicted molar refractivity (Wildman–Crippen MR) is 85.8 cm³/mol. The van der Waals surface area contributed by atoms with Crippen LogP contribution in [-0.4, -0.2) is 20.1 Å². The number of halogens is 3. The third-order valence-electron chi connectivity index (χ3n) is 3.00. The summed E-state index contributed by atoms with van der Waals surface area (Å²) in [4.78, 5) is 11.8. The maximum absolute atomic E-state index is 13.4. The van der Waals surface area contributed by atoms with Crippen LogP contribution in [0.25, 0.3) is 0 Å². The molecule has 2 rings (SSSR count). The molecule has 0 saturated carbocycles. The van der Waals surface area contributed by atoms with Crippen molar-refractivity contribution in [3.63, 3.8) is 0 Å². The molecule has 0 saturated heterocycles. The molecule has 1 N–H and O–H groups in total. The lowest BCUT2D eigenvalue weighted by Crippen LogP contribution is -2.18. The van der Waals surface area contributed by atoms with E-state index in [4.69, 9.17) is 0 Å². The Bertz CT molecular complexity index is 803. The summed E-state index contributed by atoms with van der Waals surface area (Å²) < 4.78 is 51.7. The number of amides is 1. The van der Waals surface area contributed by atoms with Crippen molar-refractivity contribution < 1.29 is 22.0 Å². The van der Waals surface area contributed by atoms with Crippen LogP contribution in [0, 0.1) is 11.6 Å². The molecule has 0 unspecified atom stereocenters. The second kappa shape index (κ2) is 7.18. The maximum Gasteiger partial charge on any atom is 0.225 e. The number of carbonyl (C=O) groups excluding carboxylic acids is 1. The van der Waals surface area contributed by atoms with Crippen LogP contribution in [-0.2, 0) is 14.6 Å². The third-order valence-corrected chi connectivity index (χ3v) is 5.26. The highest BCUT2D eigenvalue weighted by molar-refractivity contribution is 9.10. The molecule has 23 heavy (non-hydrogen) atoms. The van der Waals surface area contributed by atoms with Crippen LogP contribution in [0.3, 0.4) is 0 Å². The molecular weight excluding hydrogens is 392 g/mol. The lowest BCUT2D eigenvalue weighted by atomic mass is 10.3. The van der Waals surface area contributed by atoms with Gasteiger partial charge in [-0.2, -0.15) is 0 Å². The average molecular weight is 404 g/mol. The number of nitrogens with one attached hydrogen (secondary N) is 1. The lowest BCUT2D eigenvalue weighted by Gasteiger charge is -2.08. The molecule has 0 aliphatic heterocycles. The van der Waals surface area contributed by atoms with Gasteiger partial charge in [-0.1, -0.05) is 22.0 Å². The predicted octanol–water partition coefficient (Wildman–Crippen LogP) is 3.53. The van der Waals surface area contributed by atoms with Crippen LogP contribution in [0.2, 0.25) is 0 Å². The standard InChI is InChI=1S/C15H12BrF2NO3S/c16-10-4-6-11(7-5-10)23(21,22)9-8-14(20)19-15-12(17)2-1-3-13(15)18/h1-7H,8-9H2,(H,19,20). The summed E-state index contributed by atoms with van der Waals surface area (Å²) in [6.45, 7) is 0. The van der Waals surface area contributed by atoms with Gasteiger partial charge in [-0.15, -0.1) is 0 Å². The molecule has 0 atom stereocenters. The Labute approximate surface area is 140 Å². The van der Waals surface area contributed by atoms with Crippen LogP contribution in [0.5, 0.6) is 0 Å². The minimum atomic E-state index is -3.65. The first-order valence-corrected chi connectivity index (χ1v) is 8.96. The van der Waals surface area contributed by atoms with Crippen molar-refractivity contribution in [1.82, 2.24) is 0 Å². The van der Waals surface area contributed by atoms with Crippen LogP contribution in [0.15, 0.2) is 51.8 Å². The molecule has 8 heteroatoms.